The molecule has 0 atom stereocenters. The summed E-state index contributed by atoms with van der Waals surface area (Å²) < 4.78 is 34.2. The zero-order valence-electron chi connectivity index (χ0n) is 24.1. The maximum Gasteiger partial charge on any atom is 0.413 e. The van der Waals surface area contributed by atoms with Gasteiger partial charge in [-0.15, -0.1) is 11.3 Å². The van der Waals surface area contributed by atoms with Crippen molar-refractivity contribution >= 4 is 55.3 Å². The predicted molar refractivity (Wildman–Crippen MR) is 168 cm³/mol. The van der Waals surface area contributed by atoms with Crippen LogP contribution in [0.3, 0.4) is 0 Å². The predicted octanol–water partition coefficient (Wildman–Crippen LogP) is 3.25. The Balaban J connectivity index is 1.07. The van der Waals surface area contributed by atoms with Gasteiger partial charge in [0, 0.05) is 12.7 Å². The third-order valence-electron chi connectivity index (χ3n) is 7.15. The Kier molecular flexibility index (Phi) is 8.59. The van der Waals surface area contributed by atoms with Gasteiger partial charge in [-0.1, -0.05) is 72.8 Å². The van der Waals surface area contributed by atoms with E-state index in [1.165, 1.54) is 17.2 Å². The largest absolute Gasteiger partial charge is 0.436 e. The van der Waals surface area contributed by atoms with Crippen LogP contribution < -0.4 is 11.0 Å². The van der Waals surface area contributed by atoms with Gasteiger partial charge in [-0.25, -0.2) is 18.9 Å². The van der Waals surface area contributed by atoms with Gasteiger partial charge in [0.1, 0.15) is 18.9 Å². The maximum atomic E-state index is 13.1. The summed E-state index contributed by atoms with van der Waals surface area (Å²) in [5.74, 6) is -1.45. The van der Waals surface area contributed by atoms with Crippen molar-refractivity contribution in [2.45, 2.75) is 17.0 Å². The number of para-hydroxylation sites is 1. The summed E-state index contributed by atoms with van der Waals surface area (Å²) >= 11 is 0.963. The second-order valence-corrected chi connectivity index (χ2v) is 13.3. The number of carbonyl (C=O) groups is 3. The number of sulfonamides is 1. The Morgan fingerprint density at radius 2 is 1.52 bits per heavy atom. The first-order chi connectivity index (χ1) is 22.2. The van der Waals surface area contributed by atoms with E-state index < -0.39 is 52.8 Å². The molecular formula is C31H26N6O7S2. The lowest BCUT2D eigenvalue weighted by Gasteiger charge is -2.33. The molecule has 1 fully saturated rings. The van der Waals surface area contributed by atoms with Crippen molar-refractivity contribution in [1.29, 1.82) is 0 Å². The molecule has 0 saturated carbocycles. The molecule has 1 aliphatic rings. The Bertz CT molecular complexity index is 2010. The topological polar surface area (TPSA) is 161 Å². The minimum absolute atomic E-state index is 0.0631. The van der Waals surface area contributed by atoms with Crippen molar-refractivity contribution in [2.75, 3.05) is 25.0 Å². The van der Waals surface area contributed by atoms with Crippen LogP contribution in [0.4, 0.5) is 10.6 Å². The molecule has 0 aliphatic carbocycles. The van der Waals surface area contributed by atoms with E-state index >= 15 is 0 Å². The summed E-state index contributed by atoms with van der Waals surface area (Å²) in [6.45, 7) is -1.25. The molecule has 0 unspecified atom stereocenters. The van der Waals surface area contributed by atoms with E-state index in [4.69, 9.17) is 4.74 Å². The second kappa shape index (κ2) is 12.9. The third kappa shape index (κ3) is 6.50. The molecule has 3 amide bonds. The van der Waals surface area contributed by atoms with Gasteiger partial charge in [0.2, 0.25) is 10.2 Å². The smallest absolute Gasteiger partial charge is 0.413 e. The number of rotatable bonds is 8. The molecule has 1 saturated heterocycles. The van der Waals surface area contributed by atoms with E-state index in [0.29, 0.717) is 10.2 Å². The number of thiazole rings is 1. The van der Waals surface area contributed by atoms with E-state index in [9.17, 15) is 27.6 Å². The Hall–Kier alpha value is -5.41. The number of carbonyl (C=O) groups excluding carboxylic acids is 3. The highest BCUT2D eigenvalue weighted by atomic mass is 32.2. The summed E-state index contributed by atoms with van der Waals surface area (Å²) in [4.78, 5) is 60.5. The van der Waals surface area contributed by atoms with Crippen LogP contribution in [0.15, 0.2) is 106 Å². The number of nitrogens with zero attached hydrogens (tertiary/aromatic N) is 5. The van der Waals surface area contributed by atoms with Crippen molar-refractivity contribution in [2.24, 2.45) is 0 Å². The van der Waals surface area contributed by atoms with Crippen molar-refractivity contribution in [1.82, 2.24) is 23.7 Å². The molecular weight excluding hydrogens is 633 g/mol. The van der Waals surface area contributed by atoms with Gasteiger partial charge in [-0.05, 0) is 29.3 Å². The first-order valence-corrected chi connectivity index (χ1v) is 16.3. The average molecular weight is 659 g/mol. The number of hydrogen-bond acceptors (Lipinski definition) is 10. The summed E-state index contributed by atoms with van der Waals surface area (Å²) in [5.41, 5.74) is 1.18. The number of benzene rings is 3. The molecule has 234 valence electrons. The summed E-state index contributed by atoms with van der Waals surface area (Å²) in [6.07, 6.45) is -0.264. The standard InChI is InChI=1S/C31H26N6O7S2/c38-26(35-17-18-37(27(39)20-35)46(42,43)31-32-23-13-7-8-14-24(23)45-31)19-36-16-15-25(33-29(36)40)34-30(41)44-28(21-9-3-1-4-10-21)22-11-5-2-6-12-22/h1-16,28H,17-20H2,(H,33,34,40,41). The minimum atomic E-state index is -4.20. The number of ether oxygens (including phenoxy) is 1. The number of aromatic nitrogens is 3. The van der Waals surface area contributed by atoms with Gasteiger partial charge < -0.3 is 9.64 Å². The average Bonchev–Trinajstić information content (AvgIpc) is 3.51. The fourth-order valence-electron chi connectivity index (χ4n) is 4.87. The maximum absolute atomic E-state index is 13.1. The zero-order chi connectivity index (χ0) is 32.3. The Morgan fingerprint density at radius 3 is 2.15 bits per heavy atom. The van der Waals surface area contributed by atoms with E-state index in [0.717, 1.165) is 31.3 Å². The van der Waals surface area contributed by atoms with Gasteiger partial charge >= 0.3 is 11.8 Å². The first-order valence-electron chi connectivity index (χ1n) is 14.0. The highest BCUT2D eigenvalue weighted by Crippen LogP contribution is 2.29. The molecule has 46 heavy (non-hydrogen) atoms. The number of anilines is 1. The molecule has 3 aromatic carbocycles. The van der Waals surface area contributed by atoms with Gasteiger partial charge in [-0.2, -0.15) is 13.4 Å². The van der Waals surface area contributed by atoms with E-state index in [1.54, 1.807) is 24.3 Å². The second-order valence-electron chi connectivity index (χ2n) is 10.2. The van der Waals surface area contributed by atoms with Gasteiger partial charge in [0.25, 0.3) is 15.9 Å². The highest BCUT2D eigenvalue weighted by Gasteiger charge is 2.37. The molecule has 0 radical (unpaired) electrons. The van der Waals surface area contributed by atoms with Gasteiger partial charge in [0.05, 0.1) is 16.8 Å². The first kappa shape index (κ1) is 30.6. The van der Waals surface area contributed by atoms with Crippen LogP contribution in [-0.2, 0) is 30.9 Å². The Morgan fingerprint density at radius 1 is 0.870 bits per heavy atom. The van der Waals surface area contributed by atoms with E-state index in [2.05, 4.69) is 15.3 Å². The molecule has 5 aromatic rings. The lowest BCUT2D eigenvalue weighted by molar-refractivity contribution is -0.142. The van der Waals surface area contributed by atoms with Crippen LogP contribution in [0.2, 0.25) is 0 Å². The monoisotopic (exact) mass is 658 g/mol. The van der Waals surface area contributed by atoms with E-state index in [-0.39, 0.29) is 23.2 Å². The molecule has 2 aromatic heterocycles. The molecule has 1 N–H and O–H groups in total. The SMILES string of the molecule is O=C(Nc1ccn(CC(=O)N2CCN(S(=O)(=O)c3nc4ccccc4s3)C(=O)C2)c(=O)n1)OC(c1ccccc1)c1ccccc1. The van der Waals surface area contributed by atoms with Gasteiger partial charge in [0.15, 0.2) is 6.10 Å². The van der Waals surface area contributed by atoms with Crippen molar-refractivity contribution in [3.05, 3.63) is 119 Å². The van der Waals surface area contributed by atoms with Crippen LogP contribution in [0, 0.1) is 0 Å². The molecule has 1 aliphatic heterocycles. The van der Waals surface area contributed by atoms with Crippen molar-refractivity contribution in [3.8, 4) is 0 Å². The zero-order valence-corrected chi connectivity index (χ0v) is 25.7. The summed E-state index contributed by atoms with van der Waals surface area (Å²) in [7, 11) is -4.20. The molecule has 13 nitrogen and oxygen atoms in total. The molecule has 6 rings (SSSR count). The third-order valence-corrected chi connectivity index (χ3v) is 10.4. The Labute approximate surface area is 266 Å². The van der Waals surface area contributed by atoms with E-state index in [1.807, 2.05) is 60.7 Å². The number of hydrogen-bond donors (Lipinski definition) is 1. The number of amides is 3. The van der Waals surface area contributed by atoms with Crippen LogP contribution in [0.1, 0.15) is 17.2 Å². The summed E-state index contributed by atoms with van der Waals surface area (Å²) in [5, 5.41) is 2.45. The molecule has 0 bridgehead atoms. The summed E-state index contributed by atoms with van der Waals surface area (Å²) in [6, 6.07) is 26.6. The van der Waals surface area contributed by atoms with Crippen LogP contribution in [0.25, 0.3) is 10.2 Å². The fraction of sp³-hybridized carbons (Fsp3) is 0.161. The van der Waals surface area contributed by atoms with Crippen LogP contribution >= 0.6 is 11.3 Å². The molecule has 0 spiro atoms. The minimum Gasteiger partial charge on any atom is -0.436 e. The fourth-order valence-corrected chi connectivity index (χ4v) is 7.58. The van der Waals surface area contributed by atoms with Gasteiger partial charge in [-0.3, -0.25) is 19.5 Å². The lowest BCUT2D eigenvalue weighted by Crippen LogP contribution is -2.54. The quantitative estimate of drug-likeness (QED) is 0.264. The van der Waals surface area contributed by atoms with Crippen LogP contribution in [0.5, 0.6) is 0 Å². The number of fused-ring (bicyclic) bond motifs is 1. The van der Waals surface area contributed by atoms with Crippen molar-refractivity contribution in [3.63, 3.8) is 0 Å². The number of nitrogens with one attached hydrogen (secondary N) is 1. The normalized spacial score (nSPS) is 13.6. The lowest BCUT2D eigenvalue weighted by atomic mass is 10.0. The number of piperazine rings is 1. The van der Waals surface area contributed by atoms with Crippen molar-refractivity contribution < 1.29 is 27.5 Å². The van der Waals surface area contributed by atoms with Crippen LogP contribution in [-0.4, -0.2) is 69.7 Å². The molecule has 15 heteroatoms. The highest BCUT2D eigenvalue weighted by molar-refractivity contribution is 7.91. The molecule has 3 heterocycles.